The Kier molecular flexibility index (Phi) is 38.7. The van der Waals surface area contributed by atoms with Gasteiger partial charge in [0.15, 0.2) is 0 Å². The summed E-state index contributed by atoms with van der Waals surface area (Å²) in [6.45, 7) is 22.3. The van der Waals surface area contributed by atoms with E-state index >= 15 is 0 Å². The Morgan fingerprint density at radius 1 is 0.326 bits per heavy atom. The van der Waals surface area contributed by atoms with Gasteiger partial charge in [-0.3, -0.25) is 38.8 Å². The van der Waals surface area contributed by atoms with E-state index in [0.717, 1.165) is 199 Å². The highest BCUT2D eigenvalue weighted by atomic mass is 35.5. The minimum atomic E-state index is -3.80. The van der Waals surface area contributed by atoms with E-state index in [1.807, 2.05) is 67.4 Å². The topological polar surface area (TPSA) is 303 Å². The van der Waals surface area contributed by atoms with Gasteiger partial charge in [0.25, 0.3) is 23.6 Å². The van der Waals surface area contributed by atoms with Crippen LogP contribution in [0, 0.1) is 46.9 Å². The first-order chi connectivity index (χ1) is 67.8. The van der Waals surface area contributed by atoms with Gasteiger partial charge in [0.1, 0.15) is 46.3 Å². The molecule has 0 aromatic heterocycles. The van der Waals surface area contributed by atoms with E-state index in [1.165, 1.54) is 55.5 Å². The lowest BCUT2D eigenvalue weighted by Crippen LogP contribution is -2.44. The average molecular weight is 2230 g/mol. The molecular formula is C104H124Cl8F4N8O16S4. The van der Waals surface area contributed by atoms with Crippen molar-refractivity contribution >= 4 is 157 Å². The maximum Gasteiger partial charge on any atom is 0.267 e. The van der Waals surface area contributed by atoms with Crippen molar-refractivity contribution in [3.63, 3.8) is 0 Å². The summed E-state index contributed by atoms with van der Waals surface area (Å²) < 4.78 is 183. The van der Waals surface area contributed by atoms with Crippen LogP contribution in [0.25, 0.3) is 0 Å². The minimum Gasteiger partial charge on any atom is -0.493 e. The van der Waals surface area contributed by atoms with Crippen LogP contribution in [0.5, 0.6) is 23.0 Å². The van der Waals surface area contributed by atoms with E-state index in [9.17, 15) is 70.4 Å². The van der Waals surface area contributed by atoms with Crippen molar-refractivity contribution in [3.8, 4) is 23.0 Å². The van der Waals surface area contributed by atoms with Crippen LogP contribution in [0.4, 0.5) is 17.6 Å². The van der Waals surface area contributed by atoms with Gasteiger partial charge >= 0.3 is 0 Å². The molecule has 8 fully saturated rings. The van der Waals surface area contributed by atoms with Crippen LogP contribution in [-0.2, 0) is 46.6 Å². The third-order valence-electron chi connectivity index (χ3n) is 27.9. The van der Waals surface area contributed by atoms with Gasteiger partial charge in [0, 0.05) is 163 Å². The molecule has 0 bridgehead atoms. The lowest BCUT2D eigenvalue weighted by molar-refractivity contribution is 0.0583. The summed E-state index contributed by atoms with van der Waals surface area (Å²) in [6, 6.07) is 34.9. The predicted molar refractivity (Wildman–Crippen MR) is 560 cm³/mol. The molecule has 4 heterocycles. The molecule has 40 heteroatoms. The Morgan fingerprint density at radius 3 is 0.792 bits per heavy atom. The summed E-state index contributed by atoms with van der Waals surface area (Å²) in [6.07, 6.45) is 17.9. The molecule has 16 rings (SSSR count). The van der Waals surface area contributed by atoms with Crippen LogP contribution in [-0.4, -0.2) is 178 Å². The highest BCUT2D eigenvalue weighted by Gasteiger charge is 2.40. The molecule has 4 amide bonds. The first-order valence-electron chi connectivity index (χ1n) is 48.6. The van der Waals surface area contributed by atoms with Crippen LogP contribution in [0.3, 0.4) is 0 Å². The molecule has 8 aromatic carbocycles. The van der Waals surface area contributed by atoms with Crippen molar-refractivity contribution in [2.45, 2.75) is 231 Å². The molecule has 144 heavy (non-hydrogen) atoms. The Balaban J connectivity index is 0.000000161. The lowest BCUT2D eigenvalue weighted by Gasteiger charge is -2.42. The minimum absolute atomic E-state index is 0.116. The van der Waals surface area contributed by atoms with Crippen molar-refractivity contribution in [2.75, 3.05) is 77.1 Å². The molecule has 4 aliphatic carbocycles. The zero-order chi connectivity index (χ0) is 105. The van der Waals surface area contributed by atoms with Gasteiger partial charge in [-0.05, 0) is 323 Å². The fourth-order valence-corrected chi connectivity index (χ4v) is 23.4. The van der Waals surface area contributed by atoms with Gasteiger partial charge in [-0.2, -0.15) is 0 Å². The number of hydrogen-bond donors (Lipinski definition) is 4. The van der Waals surface area contributed by atoms with Gasteiger partial charge in [-0.25, -0.2) is 70.1 Å². The van der Waals surface area contributed by atoms with Crippen LogP contribution >= 0.6 is 92.8 Å². The zero-order valence-electron chi connectivity index (χ0n) is 82.1. The second-order valence-corrected chi connectivity index (χ2v) is 50.6. The van der Waals surface area contributed by atoms with Crippen LogP contribution < -0.4 is 37.8 Å². The van der Waals surface area contributed by atoms with Crippen molar-refractivity contribution < 1.29 is 89.4 Å². The smallest absolute Gasteiger partial charge is 0.267 e. The molecule has 4 saturated carbocycles. The standard InChI is InChI=1S/C27H33Cl2FN2O4S.2C26H31Cl2FN2O4S.C25H29Cl2FN2O4S/c1-4-37(34,35)31-27(33)24-12-23(19-7-8-19)26(13-25(24)30)36-15-18-6-5-16(2)32(14-18)17(3)20-9-21(28)11-22(29)10-20;2*1-15-4-5-17(13-31(15)16(2)19-8-20(27)10-21(28)9-19)14-35-25-12-24(29)23(11-22(25)18-6-7-18)26(32)30-36(3,33)34;1-15-3-4-16(12-30(15)13-17-7-19(26)9-20(27)8-17)14-34-24-11-23(28)22(10-21(24)18-5-6-18)25(31)29-35(2,32)33/h9-13,16-19H,4-8,14-15H2,1-3H3,(H,31,33);2*8-12,15-18H,4-7,13-14H2,1-3H3,(H,30,32);7-11,15-16,18H,3-6,12-14H2,1-2H3,(H,29,31)/t16-,17+,18-;15-,16+,17-;15-,16-,17-;15-,16-/m1111/s1. The summed E-state index contributed by atoms with van der Waals surface area (Å²) in [5, 5.41) is 4.88. The van der Waals surface area contributed by atoms with E-state index in [1.54, 1.807) is 24.3 Å². The molecule has 8 aromatic rings. The molecule has 4 N–H and O–H groups in total. The van der Waals surface area contributed by atoms with Crippen molar-refractivity contribution in [1.29, 1.82) is 0 Å². The number of benzene rings is 8. The second kappa shape index (κ2) is 49.1. The number of nitrogens with zero attached hydrogens (tertiary/aromatic N) is 4. The third kappa shape index (κ3) is 32.5. The molecule has 0 spiro atoms. The number of carbonyl (C=O) groups excluding carboxylic acids is 4. The number of amides is 4. The lowest BCUT2D eigenvalue weighted by atomic mass is 9.91. The second-order valence-electron chi connectivity index (χ2n) is 39.9. The Morgan fingerprint density at radius 2 is 0.556 bits per heavy atom. The van der Waals surface area contributed by atoms with Crippen LogP contribution in [0.2, 0.25) is 40.2 Å². The quantitative estimate of drug-likeness (QED) is 0.0278. The molecule has 0 unspecified atom stereocenters. The van der Waals surface area contributed by atoms with Crippen molar-refractivity contribution in [2.24, 2.45) is 23.7 Å². The molecule has 11 atom stereocenters. The Hall–Kier alpha value is -7.48. The van der Waals surface area contributed by atoms with E-state index in [0.29, 0.717) is 114 Å². The summed E-state index contributed by atoms with van der Waals surface area (Å²) in [5.41, 5.74) is 6.08. The van der Waals surface area contributed by atoms with Gasteiger partial charge in [0.2, 0.25) is 40.1 Å². The number of hydrogen-bond acceptors (Lipinski definition) is 20. The summed E-state index contributed by atoms with van der Waals surface area (Å²) in [5.74, 6) is -3.97. The SMILES string of the molecule is CCS(=O)(=O)NC(=O)c1cc(C2CC2)c(OC[C@@H]2CC[C@@H](C)N([C@@H](C)c3cc(Cl)cc(Cl)c3)C2)cc1F.C[C@@H]1CC[C@@H](COc2cc(F)c(C(=O)NS(C)(=O)=O)cc2C2CC2)CN1Cc1cc(Cl)cc(Cl)c1.C[C@@H]1CC[C@@H](COc2cc(F)c(C(=O)NS(C)(=O)=O)cc2C2CC2)CN1[C@@H](C)c1cc(Cl)cc(Cl)c1.C[C@@H]1CC[C@@H](COc2cc(F)c(C(=O)NS(C)(=O)=O)cc2C2CC2)CN1[C@H](C)c1cc(Cl)cc(Cl)c1. The largest absolute Gasteiger partial charge is 0.493 e. The van der Waals surface area contributed by atoms with Gasteiger partial charge in [-0.1, -0.05) is 92.8 Å². The Bertz CT molecular complexity index is 6260. The van der Waals surface area contributed by atoms with Crippen molar-refractivity contribution in [1.82, 2.24) is 38.5 Å². The van der Waals surface area contributed by atoms with Gasteiger partial charge in [0.05, 0.1) is 73.2 Å². The number of likely N-dealkylation sites (tertiary alicyclic amines) is 4. The fourth-order valence-electron chi connectivity index (χ4n) is 19.3. The third-order valence-corrected chi connectivity index (χ3v) is 32.6. The number of halogens is 12. The summed E-state index contributed by atoms with van der Waals surface area (Å²) in [7, 11) is -15.2. The van der Waals surface area contributed by atoms with Gasteiger partial charge in [-0.15, -0.1) is 0 Å². The highest BCUT2D eigenvalue weighted by Crippen LogP contribution is 2.51. The first kappa shape index (κ1) is 114. The van der Waals surface area contributed by atoms with E-state index < -0.39 is 87.0 Å². The van der Waals surface area contributed by atoms with Crippen LogP contribution in [0.1, 0.15) is 286 Å². The first-order valence-corrected chi connectivity index (χ1v) is 58.9. The number of carbonyl (C=O) groups is 4. The highest BCUT2D eigenvalue weighted by molar-refractivity contribution is 7.90. The maximum atomic E-state index is 14.9. The average Bonchev–Trinajstić information content (AvgIpc) is 1.60. The summed E-state index contributed by atoms with van der Waals surface area (Å²) >= 11 is 49.7. The van der Waals surface area contributed by atoms with E-state index in [-0.39, 0.29) is 93.5 Å². The normalized spacial score (nSPS) is 21.5. The van der Waals surface area contributed by atoms with Gasteiger partial charge < -0.3 is 18.9 Å². The molecule has 784 valence electrons. The number of rotatable bonds is 33. The molecule has 24 nitrogen and oxygen atoms in total. The fraction of sp³-hybridized carbons (Fsp3) is 0.500. The number of sulfonamides is 4. The molecular weight excluding hydrogens is 2110 g/mol. The monoisotopic (exact) mass is 2220 g/mol. The van der Waals surface area contributed by atoms with Crippen molar-refractivity contribution in [3.05, 3.63) is 252 Å². The summed E-state index contributed by atoms with van der Waals surface area (Å²) in [4.78, 5) is 58.9. The van der Waals surface area contributed by atoms with E-state index in [4.69, 9.17) is 112 Å². The maximum absolute atomic E-state index is 14.9. The number of piperidine rings is 4. The molecule has 8 aliphatic rings. The molecule has 0 radical (unpaired) electrons. The molecule has 4 saturated heterocycles. The number of ether oxygens (including phenoxy) is 4. The number of nitrogens with one attached hydrogen (secondary N) is 4. The molecule has 4 aliphatic heterocycles. The Labute approximate surface area is 883 Å². The van der Waals surface area contributed by atoms with Crippen LogP contribution in [0.15, 0.2) is 121 Å². The van der Waals surface area contributed by atoms with E-state index in [2.05, 4.69) is 68.1 Å². The zero-order valence-corrected chi connectivity index (χ0v) is 91.4. The predicted octanol–water partition coefficient (Wildman–Crippen LogP) is 23.6.